The summed E-state index contributed by atoms with van der Waals surface area (Å²) in [5.74, 6) is 1.17. The fraction of sp³-hybridized carbons (Fsp3) is 0.900. The number of hydrogen-bond acceptors (Lipinski definition) is 4. The third-order valence-corrected chi connectivity index (χ3v) is 3.56. The molecule has 0 aromatic rings. The van der Waals surface area contributed by atoms with E-state index in [0.29, 0.717) is 5.41 Å². The third-order valence-electron chi connectivity index (χ3n) is 2.09. The first-order valence-corrected chi connectivity index (χ1v) is 6.04. The van der Waals surface area contributed by atoms with Gasteiger partial charge in [-0.1, -0.05) is 25.6 Å². The van der Waals surface area contributed by atoms with E-state index in [-0.39, 0.29) is 0 Å². The van der Waals surface area contributed by atoms with Crippen LogP contribution < -0.4 is 5.32 Å². The van der Waals surface area contributed by atoms with Crippen molar-refractivity contribution in [2.75, 3.05) is 39.5 Å². The first kappa shape index (κ1) is 11.9. The monoisotopic (exact) mass is 215 g/mol. The van der Waals surface area contributed by atoms with Gasteiger partial charge in [-0.2, -0.15) is 0 Å². The van der Waals surface area contributed by atoms with Gasteiger partial charge in [0, 0.05) is 25.4 Å². The van der Waals surface area contributed by atoms with Crippen LogP contribution in [0.5, 0.6) is 0 Å². The van der Waals surface area contributed by atoms with E-state index >= 15 is 0 Å². The molecule has 0 amide bonds. The van der Waals surface area contributed by atoms with Crippen molar-refractivity contribution in [3.63, 3.8) is 0 Å². The molecule has 0 radical (unpaired) electrons. The van der Waals surface area contributed by atoms with E-state index in [4.69, 9.17) is 0 Å². The Morgan fingerprint density at radius 1 is 1.50 bits per heavy atom. The van der Waals surface area contributed by atoms with Crippen molar-refractivity contribution < 1.29 is 0 Å². The maximum atomic E-state index is 4.53. The van der Waals surface area contributed by atoms with Crippen LogP contribution in [0.1, 0.15) is 13.8 Å². The van der Waals surface area contributed by atoms with Crippen molar-refractivity contribution in [2.24, 2.45) is 10.4 Å². The van der Waals surface area contributed by atoms with Gasteiger partial charge in [0.05, 0.1) is 0 Å². The average molecular weight is 215 g/mol. The van der Waals surface area contributed by atoms with Crippen LogP contribution in [0.4, 0.5) is 0 Å². The van der Waals surface area contributed by atoms with Crippen molar-refractivity contribution >= 4 is 16.9 Å². The van der Waals surface area contributed by atoms with E-state index in [1.807, 2.05) is 11.8 Å². The molecule has 1 aliphatic heterocycles. The van der Waals surface area contributed by atoms with Gasteiger partial charge in [-0.3, -0.25) is 4.99 Å². The minimum Gasteiger partial charge on any atom is -0.364 e. The zero-order valence-corrected chi connectivity index (χ0v) is 10.4. The topological polar surface area (TPSA) is 27.6 Å². The number of rotatable bonds is 3. The fourth-order valence-electron chi connectivity index (χ4n) is 1.13. The molecule has 0 bridgehead atoms. The minimum absolute atomic E-state index is 0.372. The van der Waals surface area contributed by atoms with Gasteiger partial charge in [0.15, 0.2) is 5.17 Å². The molecule has 0 spiro atoms. The van der Waals surface area contributed by atoms with E-state index < -0.39 is 0 Å². The summed E-state index contributed by atoms with van der Waals surface area (Å²) in [6.45, 7) is 7.52. The van der Waals surface area contributed by atoms with Crippen LogP contribution in [0.2, 0.25) is 0 Å². The molecule has 0 aliphatic carbocycles. The van der Waals surface area contributed by atoms with Crippen LogP contribution in [0.3, 0.4) is 0 Å². The van der Waals surface area contributed by atoms with E-state index in [9.17, 15) is 0 Å². The first-order valence-electron chi connectivity index (χ1n) is 5.05. The lowest BCUT2D eigenvalue weighted by molar-refractivity contribution is 0.411. The highest BCUT2D eigenvalue weighted by Gasteiger charge is 2.22. The van der Waals surface area contributed by atoms with Crippen molar-refractivity contribution in [3.8, 4) is 0 Å². The van der Waals surface area contributed by atoms with E-state index in [1.165, 1.54) is 5.75 Å². The van der Waals surface area contributed by atoms with Gasteiger partial charge in [-0.05, 0) is 19.5 Å². The van der Waals surface area contributed by atoms with Gasteiger partial charge in [-0.15, -0.1) is 0 Å². The zero-order chi connectivity index (χ0) is 10.6. The Balaban J connectivity index is 2.24. The van der Waals surface area contributed by atoms with Crippen LogP contribution in [0.25, 0.3) is 0 Å². The molecule has 82 valence electrons. The predicted octanol–water partition coefficient (Wildman–Crippen LogP) is 1.27. The molecular formula is C10H21N3S. The zero-order valence-electron chi connectivity index (χ0n) is 9.63. The standard InChI is InChI=1S/C10H21N3S/c1-10(2)7-12-9(14-8-10)11-5-6-13(3)4/h5-8H2,1-4H3,(H,11,12). The molecule has 1 aliphatic rings. The summed E-state index contributed by atoms with van der Waals surface area (Å²) in [5, 5.41) is 4.48. The second-order valence-electron chi connectivity index (χ2n) is 4.80. The Morgan fingerprint density at radius 3 is 2.71 bits per heavy atom. The molecule has 0 unspecified atom stereocenters. The Labute approximate surface area is 91.3 Å². The SMILES string of the molecule is CN(C)CCNC1=NCC(C)(C)CS1. The molecule has 1 heterocycles. The molecule has 0 saturated carbocycles. The number of aliphatic imine (C=N–C) groups is 1. The van der Waals surface area contributed by atoms with Crippen molar-refractivity contribution in [1.29, 1.82) is 0 Å². The second-order valence-corrected chi connectivity index (χ2v) is 5.77. The lowest BCUT2D eigenvalue weighted by Crippen LogP contribution is -2.34. The lowest BCUT2D eigenvalue weighted by atomic mass is 9.97. The van der Waals surface area contributed by atoms with Crippen molar-refractivity contribution in [2.45, 2.75) is 13.8 Å². The summed E-state index contributed by atoms with van der Waals surface area (Å²) >= 11 is 1.84. The van der Waals surface area contributed by atoms with Crippen LogP contribution in [-0.2, 0) is 0 Å². The van der Waals surface area contributed by atoms with E-state index in [0.717, 1.165) is 24.8 Å². The summed E-state index contributed by atoms with van der Waals surface area (Å²) in [7, 11) is 4.17. The number of likely N-dealkylation sites (N-methyl/N-ethyl adjacent to an activating group) is 1. The summed E-state index contributed by atoms with van der Waals surface area (Å²) in [6.07, 6.45) is 0. The van der Waals surface area contributed by atoms with Gasteiger partial charge >= 0.3 is 0 Å². The van der Waals surface area contributed by atoms with Gasteiger partial charge in [0.25, 0.3) is 0 Å². The van der Waals surface area contributed by atoms with Crippen LogP contribution in [0, 0.1) is 5.41 Å². The summed E-state index contributed by atoms with van der Waals surface area (Å²) in [6, 6.07) is 0. The van der Waals surface area contributed by atoms with Crippen molar-refractivity contribution in [3.05, 3.63) is 0 Å². The number of thioether (sulfide) groups is 1. The van der Waals surface area contributed by atoms with Gasteiger partial charge < -0.3 is 10.2 Å². The van der Waals surface area contributed by atoms with Crippen LogP contribution in [-0.4, -0.2) is 49.6 Å². The number of hydrogen-bond donors (Lipinski definition) is 1. The first-order chi connectivity index (χ1) is 6.49. The average Bonchev–Trinajstić information content (AvgIpc) is 2.07. The highest BCUT2D eigenvalue weighted by molar-refractivity contribution is 8.13. The van der Waals surface area contributed by atoms with E-state index in [2.05, 4.69) is 43.2 Å². The largest absolute Gasteiger partial charge is 0.364 e. The third kappa shape index (κ3) is 4.33. The van der Waals surface area contributed by atoms with Gasteiger partial charge in [0.2, 0.25) is 0 Å². The summed E-state index contributed by atoms with van der Waals surface area (Å²) < 4.78 is 0. The highest BCUT2D eigenvalue weighted by Crippen LogP contribution is 2.26. The number of nitrogens with zero attached hydrogens (tertiary/aromatic N) is 2. The molecule has 0 fully saturated rings. The Kier molecular flexibility index (Phi) is 4.26. The van der Waals surface area contributed by atoms with Crippen LogP contribution >= 0.6 is 11.8 Å². The lowest BCUT2D eigenvalue weighted by Gasteiger charge is -2.27. The predicted molar refractivity (Wildman–Crippen MR) is 65.1 cm³/mol. The molecule has 0 saturated heterocycles. The molecule has 1 rings (SSSR count). The van der Waals surface area contributed by atoms with E-state index in [1.54, 1.807) is 0 Å². The molecule has 14 heavy (non-hydrogen) atoms. The quantitative estimate of drug-likeness (QED) is 0.768. The molecule has 4 heteroatoms. The minimum atomic E-state index is 0.372. The maximum absolute atomic E-state index is 4.53. The summed E-state index contributed by atoms with van der Waals surface area (Å²) in [5.41, 5.74) is 0.372. The fourth-order valence-corrected chi connectivity index (χ4v) is 2.11. The highest BCUT2D eigenvalue weighted by atomic mass is 32.2. The number of amidine groups is 1. The Hall–Kier alpha value is -0.220. The molecule has 1 N–H and O–H groups in total. The van der Waals surface area contributed by atoms with Gasteiger partial charge in [0.1, 0.15) is 0 Å². The van der Waals surface area contributed by atoms with Crippen molar-refractivity contribution in [1.82, 2.24) is 10.2 Å². The normalized spacial score (nSPS) is 20.8. The Bertz CT molecular complexity index is 211. The molecule has 0 atom stereocenters. The van der Waals surface area contributed by atoms with Crippen LogP contribution in [0.15, 0.2) is 4.99 Å². The molecular weight excluding hydrogens is 194 g/mol. The maximum Gasteiger partial charge on any atom is 0.156 e. The number of nitrogens with one attached hydrogen (secondary N) is 1. The molecule has 0 aromatic heterocycles. The smallest absolute Gasteiger partial charge is 0.156 e. The van der Waals surface area contributed by atoms with Gasteiger partial charge in [-0.25, -0.2) is 0 Å². The Morgan fingerprint density at radius 2 is 2.21 bits per heavy atom. The second kappa shape index (κ2) is 5.03. The molecule has 0 aromatic carbocycles. The molecule has 3 nitrogen and oxygen atoms in total. The summed E-state index contributed by atoms with van der Waals surface area (Å²) in [4.78, 5) is 6.70.